The lowest BCUT2D eigenvalue weighted by Crippen LogP contribution is -2.63. The van der Waals surface area contributed by atoms with Crippen molar-refractivity contribution in [2.45, 2.75) is 43.7 Å². The van der Waals surface area contributed by atoms with Crippen LogP contribution in [-0.4, -0.2) is 46.5 Å². The zero-order chi connectivity index (χ0) is 18.1. The van der Waals surface area contributed by atoms with Crippen LogP contribution in [0.3, 0.4) is 0 Å². The summed E-state index contributed by atoms with van der Waals surface area (Å²) in [7, 11) is 4.49. The molecule has 0 aromatic carbocycles. The van der Waals surface area contributed by atoms with E-state index in [-0.39, 0.29) is 0 Å². The molecule has 26 heavy (non-hydrogen) atoms. The monoisotopic (exact) mass is 353 g/mol. The van der Waals surface area contributed by atoms with Gasteiger partial charge in [0.2, 0.25) is 0 Å². The highest BCUT2D eigenvalue weighted by Crippen LogP contribution is 2.58. The van der Waals surface area contributed by atoms with Gasteiger partial charge >= 0.3 is 0 Å². The van der Waals surface area contributed by atoms with Crippen molar-refractivity contribution in [1.29, 1.82) is 0 Å². The molecule has 4 N–H and O–H groups in total. The van der Waals surface area contributed by atoms with Gasteiger partial charge in [-0.25, -0.2) is 4.98 Å². The zero-order valence-electron chi connectivity index (χ0n) is 15.5. The highest BCUT2D eigenvalue weighted by atomic mass is 16.1. The Kier molecular flexibility index (Phi) is 3.38. The van der Waals surface area contributed by atoms with Crippen molar-refractivity contribution in [3.05, 3.63) is 24.0 Å². The summed E-state index contributed by atoms with van der Waals surface area (Å²) < 4.78 is 0. The molecule has 1 amide bonds. The fourth-order valence-electron chi connectivity index (χ4n) is 6.28. The standard InChI is InChI=1S/C20H27N5O/c1-25(2)20-7-11-5-12(8-20)16(13(6-11)9-20)24-17-14-3-4-22-19(14)23-10-15(17)18(21)26/h3-4,10-13,16H,5-9H2,1-2H3,(H2,21,26)(H2,22,23,24). The number of fused-ring (bicyclic) bond motifs is 1. The molecular formula is C20H27N5O. The Hall–Kier alpha value is -2.08. The van der Waals surface area contributed by atoms with E-state index in [0.29, 0.717) is 29.0 Å². The minimum Gasteiger partial charge on any atom is -0.380 e. The number of hydrogen-bond acceptors (Lipinski definition) is 4. The molecule has 2 atom stereocenters. The molecule has 4 aliphatic rings. The van der Waals surface area contributed by atoms with Crippen molar-refractivity contribution in [3.8, 4) is 0 Å². The van der Waals surface area contributed by atoms with Crippen LogP contribution in [0, 0.1) is 17.8 Å². The summed E-state index contributed by atoms with van der Waals surface area (Å²) in [6.07, 6.45) is 9.92. The van der Waals surface area contributed by atoms with E-state index < -0.39 is 5.91 Å². The minimum absolute atomic E-state index is 0.378. The van der Waals surface area contributed by atoms with E-state index in [2.05, 4.69) is 34.3 Å². The van der Waals surface area contributed by atoms with Crippen molar-refractivity contribution < 1.29 is 4.79 Å². The molecule has 0 aliphatic heterocycles. The Morgan fingerprint density at radius 3 is 2.69 bits per heavy atom. The number of rotatable bonds is 4. The van der Waals surface area contributed by atoms with Crippen LogP contribution < -0.4 is 11.1 Å². The first-order valence-electron chi connectivity index (χ1n) is 9.67. The van der Waals surface area contributed by atoms with Crippen molar-refractivity contribution >= 4 is 22.6 Å². The predicted octanol–water partition coefficient (Wildman–Crippen LogP) is 2.58. The highest BCUT2D eigenvalue weighted by molar-refractivity contribution is 6.06. The van der Waals surface area contributed by atoms with Crippen LogP contribution >= 0.6 is 0 Å². The first-order chi connectivity index (χ1) is 12.5. The molecular weight excluding hydrogens is 326 g/mol. The van der Waals surface area contributed by atoms with E-state index in [1.165, 1.54) is 32.1 Å². The van der Waals surface area contributed by atoms with Gasteiger partial charge in [0.25, 0.3) is 5.91 Å². The van der Waals surface area contributed by atoms with Crippen LogP contribution in [0.15, 0.2) is 18.5 Å². The van der Waals surface area contributed by atoms with Gasteiger partial charge in [0, 0.05) is 29.4 Å². The molecule has 4 fully saturated rings. The van der Waals surface area contributed by atoms with Gasteiger partial charge in [-0.1, -0.05) is 0 Å². The largest absolute Gasteiger partial charge is 0.380 e. The Morgan fingerprint density at radius 2 is 2.04 bits per heavy atom. The Bertz CT molecular complexity index is 856. The number of aromatic nitrogens is 2. The van der Waals surface area contributed by atoms with Gasteiger partial charge in [-0.3, -0.25) is 4.79 Å². The molecule has 6 heteroatoms. The van der Waals surface area contributed by atoms with Gasteiger partial charge in [0.1, 0.15) is 5.65 Å². The number of nitrogens with two attached hydrogens (primary N) is 1. The maximum atomic E-state index is 12.0. The van der Waals surface area contributed by atoms with E-state index >= 15 is 0 Å². The average molecular weight is 353 g/mol. The molecule has 0 saturated heterocycles. The SMILES string of the molecule is CN(C)C12CC3CC(C1)C(Nc1c(C(N)=O)cnc4[nH]ccc14)C(C3)C2. The Morgan fingerprint density at radius 1 is 1.31 bits per heavy atom. The van der Waals surface area contributed by atoms with Crippen LogP contribution in [0.4, 0.5) is 5.69 Å². The lowest BCUT2D eigenvalue weighted by atomic mass is 9.50. The van der Waals surface area contributed by atoms with Gasteiger partial charge in [0.15, 0.2) is 0 Å². The molecule has 4 saturated carbocycles. The smallest absolute Gasteiger partial charge is 0.252 e. The predicted molar refractivity (Wildman–Crippen MR) is 102 cm³/mol. The fraction of sp³-hybridized carbons (Fsp3) is 0.600. The van der Waals surface area contributed by atoms with Crippen LogP contribution in [0.5, 0.6) is 0 Å². The first-order valence-corrected chi connectivity index (χ1v) is 9.67. The van der Waals surface area contributed by atoms with Crippen LogP contribution in [0.25, 0.3) is 11.0 Å². The number of nitrogens with zero attached hydrogens (tertiary/aromatic N) is 2. The van der Waals surface area contributed by atoms with Gasteiger partial charge < -0.3 is 20.9 Å². The molecule has 6 rings (SSSR count). The first kappa shape index (κ1) is 16.1. The molecule has 0 spiro atoms. The molecule has 4 aliphatic carbocycles. The van der Waals surface area contributed by atoms with Crippen molar-refractivity contribution in [1.82, 2.24) is 14.9 Å². The van der Waals surface area contributed by atoms with Gasteiger partial charge in [-0.15, -0.1) is 0 Å². The molecule has 138 valence electrons. The number of nitrogens with one attached hydrogen (secondary N) is 2. The van der Waals surface area contributed by atoms with E-state index in [1.54, 1.807) is 6.20 Å². The second-order valence-corrected chi connectivity index (χ2v) is 8.91. The number of aromatic amines is 1. The van der Waals surface area contributed by atoms with Crippen LogP contribution in [-0.2, 0) is 0 Å². The number of H-pyrrole nitrogens is 1. The molecule has 6 nitrogen and oxygen atoms in total. The van der Waals surface area contributed by atoms with Gasteiger partial charge in [-0.05, 0) is 70.0 Å². The third kappa shape index (κ3) is 2.21. The average Bonchev–Trinajstić information content (AvgIpc) is 3.06. The topological polar surface area (TPSA) is 87.0 Å². The van der Waals surface area contributed by atoms with E-state index in [0.717, 1.165) is 22.6 Å². The fourth-order valence-corrected chi connectivity index (χ4v) is 6.28. The summed E-state index contributed by atoms with van der Waals surface area (Å²) in [4.78, 5) is 22.0. The molecule has 2 aromatic rings. The highest BCUT2D eigenvalue weighted by Gasteiger charge is 2.56. The summed E-state index contributed by atoms with van der Waals surface area (Å²) >= 11 is 0. The number of primary amides is 1. The minimum atomic E-state index is -0.420. The number of carbonyl (C=O) groups excluding carboxylic acids is 1. The number of pyridine rings is 1. The summed E-state index contributed by atoms with van der Waals surface area (Å²) in [5.74, 6) is 1.75. The summed E-state index contributed by atoms with van der Waals surface area (Å²) in [6, 6.07) is 2.40. The quantitative estimate of drug-likeness (QED) is 0.788. The van der Waals surface area contributed by atoms with Crippen molar-refractivity contribution in [2.24, 2.45) is 23.5 Å². The van der Waals surface area contributed by atoms with Gasteiger partial charge in [0.05, 0.1) is 11.3 Å². The Labute approximate surface area is 153 Å². The Balaban J connectivity index is 1.52. The second kappa shape index (κ2) is 5.46. The van der Waals surface area contributed by atoms with Gasteiger partial charge in [-0.2, -0.15) is 0 Å². The summed E-state index contributed by atoms with van der Waals surface area (Å²) in [5, 5.41) is 4.74. The number of carbonyl (C=O) groups is 1. The molecule has 2 unspecified atom stereocenters. The van der Waals surface area contributed by atoms with Crippen LogP contribution in [0.2, 0.25) is 0 Å². The maximum absolute atomic E-state index is 12.0. The van der Waals surface area contributed by atoms with Crippen molar-refractivity contribution in [3.63, 3.8) is 0 Å². The molecule has 2 aromatic heterocycles. The normalized spacial score (nSPS) is 35.3. The molecule has 0 radical (unpaired) electrons. The summed E-state index contributed by atoms with van der Waals surface area (Å²) in [6.45, 7) is 0. The third-order valence-corrected chi connectivity index (χ3v) is 7.35. The zero-order valence-corrected chi connectivity index (χ0v) is 15.5. The third-order valence-electron chi connectivity index (χ3n) is 7.35. The lowest BCUT2D eigenvalue weighted by Gasteiger charge is -2.62. The van der Waals surface area contributed by atoms with Crippen LogP contribution in [0.1, 0.15) is 42.5 Å². The second-order valence-electron chi connectivity index (χ2n) is 8.91. The molecule has 2 heterocycles. The van der Waals surface area contributed by atoms with E-state index in [4.69, 9.17) is 5.73 Å². The number of anilines is 1. The number of amides is 1. The van der Waals surface area contributed by atoms with Crippen molar-refractivity contribution in [2.75, 3.05) is 19.4 Å². The lowest BCUT2D eigenvalue weighted by molar-refractivity contribution is -0.0770. The number of hydrogen-bond donors (Lipinski definition) is 3. The van der Waals surface area contributed by atoms with E-state index in [1.807, 2.05) is 12.3 Å². The summed E-state index contributed by atoms with van der Waals surface area (Å²) in [5.41, 5.74) is 8.18. The molecule has 4 bridgehead atoms. The van der Waals surface area contributed by atoms with E-state index in [9.17, 15) is 4.79 Å². The maximum Gasteiger partial charge on any atom is 0.252 e.